The maximum atomic E-state index is 8.82. The molecule has 1 atom stereocenters. The maximum absolute atomic E-state index is 8.82. The van der Waals surface area contributed by atoms with Crippen LogP contribution < -0.4 is 5.32 Å². The molecule has 18 heavy (non-hydrogen) atoms. The smallest absolute Gasteiger partial charge is 0.0640 e. The Hall–Kier alpha value is -1.65. The van der Waals surface area contributed by atoms with Crippen molar-refractivity contribution in [3.05, 3.63) is 53.9 Å². The van der Waals surface area contributed by atoms with Gasteiger partial charge in [0.2, 0.25) is 0 Å². The van der Waals surface area contributed by atoms with Gasteiger partial charge in [0.1, 0.15) is 0 Å². The number of nitrogens with zero attached hydrogens (tertiary/aromatic N) is 2. The molecule has 0 bridgehead atoms. The number of hydrogen-bond donors (Lipinski definition) is 2. The van der Waals surface area contributed by atoms with Crippen LogP contribution in [0.5, 0.6) is 0 Å². The van der Waals surface area contributed by atoms with Gasteiger partial charge in [0.25, 0.3) is 0 Å². The summed E-state index contributed by atoms with van der Waals surface area (Å²) in [6.45, 7) is 3.60. The van der Waals surface area contributed by atoms with E-state index in [1.54, 1.807) is 4.68 Å². The predicted octanol–water partition coefficient (Wildman–Crippen LogP) is 1.73. The van der Waals surface area contributed by atoms with Crippen molar-refractivity contribution in [1.82, 2.24) is 15.1 Å². The quantitative estimate of drug-likeness (QED) is 0.815. The fourth-order valence-corrected chi connectivity index (χ4v) is 1.85. The minimum absolute atomic E-state index is 0.120. The zero-order valence-electron chi connectivity index (χ0n) is 10.6. The van der Waals surface area contributed by atoms with Gasteiger partial charge in [-0.05, 0) is 12.5 Å². The van der Waals surface area contributed by atoms with Gasteiger partial charge in [-0.3, -0.25) is 4.68 Å². The van der Waals surface area contributed by atoms with Gasteiger partial charge >= 0.3 is 0 Å². The molecule has 0 unspecified atom stereocenters. The van der Waals surface area contributed by atoms with E-state index in [0.29, 0.717) is 12.6 Å². The van der Waals surface area contributed by atoms with E-state index in [1.165, 1.54) is 5.56 Å². The molecule has 4 nitrogen and oxygen atoms in total. The molecule has 0 saturated carbocycles. The van der Waals surface area contributed by atoms with E-state index in [1.807, 2.05) is 30.6 Å². The number of aromatic nitrogens is 2. The molecule has 4 heteroatoms. The van der Waals surface area contributed by atoms with E-state index >= 15 is 0 Å². The molecule has 1 heterocycles. The molecule has 0 aliphatic heterocycles. The van der Waals surface area contributed by atoms with Gasteiger partial charge in [-0.1, -0.05) is 30.3 Å². The monoisotopic (exact) mass is 245 g/mol. The van der Waals surface area contributed by atoms with Gasteiger partial charge in [-0.25, -0.2) is 0 Å². The second kappa shape index (κ2) is 6.33. The average molecular weight is 245 g/mol. The molecule has 2 rings (SSSR count). The summed E-state index contributed by atoms with van der Waals surface area (Å²) in [6, 6.07) is 10.7. The van der Waals surface area contributed by atoms with Crippen molar-refractivity contribution in [1.29, 1.82) is 0 Å². The van der Waals surface area contributed by atoms with Gasteiger partial charge in [0.15, 0.2) is 0 Å². The summed E-state index contributed by atoms with van der Waals surface area (Å²) in [5.74, 6) is 0. The molecule has 0 radical (unpaired) electrons. The fraction of sp³-hybridized carbons (Fsp3) is 0.357. The standard InChI is InChI=1S/C14H19N3O/c1-12(14-5-3-2-4-6-14)15-9-13-10-16-17(11-13)7-8-18/h2-6,10-12,15,18H,7-9H2,1H3/t12-/m1/s1. The first-order chi connectivity index (χ1) is 8.79. The van der Waals surface area contributed by atoms with Crippen LogP contribution in [-0.4, -0.2) is 21.5 Å². The zero-order chi connectivity index (χ0) is 12.8. The molecule has 0 saturated heterocycles. The Labute approximate surface area is 107 Å². The number of nitrogens with one attached hydrogen (secondary N) is 1. The predicted molar refractivity (Wildman–Crippen MR) is 71.0 cm³/mol. The number of benzene rings is 1. The summed E-state index contributed by atoms with van der Waals surface area (Å²) in [7, 11) is 0. The van der Waals surface area contributed by atoms with E-state index in [0.717, 1.165) is 12.1 Å². The van der Waals surface area contributed by atoms with Gasteiger partial charge in [-0.2, -0.15) is 5.10 Å². The summed E-state index contributed by atoms with van der Waals surface area (Å²) in [6.07, 6.45) is 3.79. The van der Waals surface area contributed by atoms with E-state index in [9.17, 15) is 0 Å². The molecular weight excluding hydrogens is 226 g/mol. The van der Waals surface area contributed by atoms with E-state index in [-0.39, 0.29) is 6.61 Å². The van der Waals surface area contributed by atoms with E-state index in [4.69, 9.17) is 5.11 Å². The van der Waals surface area contributed by atoms with E-state index < -0.39 is 0 Å². The Morgan fingerprint density at radius 1 is 1.33 bits per heavy atom. The number of rotatable bonds is 6. The molecule has 1 aromatic carbocycles. The van der Waals surface area contributed by atoms with Crippen LogP contribution in [0, 0.1) is 0 Å². The molecule has 0 aliphatic rings. The largest absolute Gasteiger partial charge is 0.394 e. The molecule has 0 amide bonds. The highest BCUT2D eigenvalue weighted by atomic mass is 16.3. The molecule has 1 aromatic heterocycles. The lowest BCUT2D eigenvalue weighted by Crippen LogP contribution is -2.17. The first kappa shape index (κ1) is 12.8. The van der Waals surface area contributed by atoms with Crippen LogP contribution in [-0.2, 0) is 13.1 Å². The Balaban J connectivity index is 1.87. The lowest BCUT2D eigenvalue weighted by molar-refractivity contribution is 0.269. The maximum Gasteiger partial charge on any atom is 0.0640 e. The topological polar surface area (TPSA) is 50.1 Å². The fourth-order valence-electron chi connectivity index (χ4n) is 1.85. The van der Waals surface area contributed by atoms with Crippen LogP contribution in [0.4, 0.5) is 0 Å². The van der Waals surface area contributed by atoms with E-state index in [2.05, 4.69) is 29.5 Å². The Morgan fingerprint density at radius 2 is 2.11 bits per heavy atom. The van der Waals surface area contributed by atoms with Crippen molar-refractivity contribution in [3.63, 3.8) is 0 Å². The second-order valence-corrected chi connectivity index (χ2v) is 4.35. The van der Waals surface area contributed by atoms with Crippen LogP contribution in [0.2, 0.25) is 0 Å². The van der Waals surface area contributed by atoms with Crippen molar-refractivity contribution in [2.24, 2.45) is 0 Å². The third-order valence-corrected chi connectivity index (χ3v) is 2.93. The van der Waals surface area contributed by atoms with Crippen molar-refractivity contribution in [2.45, 2.75) is 26.1 Å². The first-order valence-corrected chi connectivity index (χ1v) is 6.20. The normalized spacial score (nSPS) is 12.6. The number of aliphatic hydroxyl groups is 1. The van der Waals surface area contributed by atoms with Crippen molar-refractivity contribution in [3.8, 4) is 0 Å². The zero-order valence-corrected chi connectivity index (χ0v) is 10.6. The third-order valence-electron chi connectivity index (χ3n) is 2.93. The molecule has 0 fully saturated rings. The van der Waals surface area contributed by atoms with Crippen LogP contribution in [0.25, 0.3) is 0 Å². The summed E-state index contributed by atoms with van der Waals surface area (Å²) in [5, 5.41) is 16.4. The lowest BCUT2D eigenvalue weighted by atomic mass is 10.1. The van der Waals surface area contributed by atoms with Crippen LogP contribution in [0.3, 0.4) is 0 Å². The Bertz CT molecular complexity index is 467. The summed E-state index contributed by atoms with van der Waals surface area (Å²) >= 11 is 0. The Kier molecular flexibility index (Phi) is 4.50. The highest BCUT2D eigenvalue weighted by Gasteiger charge is 2.04. The lowest BCUT2D eigenvalue weighted by Gasteiger charge is -2.13. The molecule has 2 aromatic rings. The molecular formula is C14H19N3O. The molecule has 2 N–H and O–H groups in total. The van der Waals surface area contributed by atoms with Gasteiger partial charge in [0, 0.05) is 24.3 Å². The molecule has 0 spiro atoms. The first-order valence-electron chi connectivity index (χ1n) is 6.20. The third kappa shape index (κ3) is 3.42. The van der Waals surface area contributed by atoms with Crippen molar-refractivity contribution >= 4 is 0 Å². The van der Waals surface area contributed by atoms with Crippen LogP contribution in [0.1, 0.15) is 24.1 Å². The van der Waals surface area contributed by atoms with Crippen LogP contribution >= 0.6 is 0 Å². The van der Waals surface area contributed by atoms with Gasteiger partial charge < -0.3 is 10.4 Å². The second-order valence-electron chi connectivity index (χ2n) is 4.35. The minimum atomic E-state index is 0.120. The number of hydrogen-bond acceptors (Lipinski definition) is 3. The summed E-state index contributed by atoms with van der Waals surface area (Å²) in [4.78, 5) is 0. The summed E-state index contributed by atoms with van der Waals surface area (Å²) < 4.78 is 1.75. The van der Waals surface area contributed by atoms with Crippen molar-refractivity contribution < 1.29 is 5.11 Å². The average Bonchev–Trinajstić information content (AvgIpc) is 2.85. The van der Waals surface area contributed by atoms with Crippen molar-refractivity contribution in [2.75, 3.05) is 6.61 Å². The van der Waals surface area contributed by atoms with Gasteiger partial charge in [0.05, 0.1) is 19.3 Å². The van der Waals surface area contributed by atoms with Gasteiger partial charge in [-0.15, -0.1) is 0 Å². The molecule has 0 aliphatic carbocycles. The van der Waals surface area contributed by atoms with Crippen LogP contribution in [0.15, 0.2) is 42.7 Å². The highest BCUT2D eigenvalue weighted by Crippen LogP contribution is 2.11. The molecule has 96 valence electrons. The highest BCUT2D eigenvalue weighted by molar-refractivity contribution is 5.18. The number of aliphatic hydroxyl groups excluding tert-OH is 1. The summed E-state index contributed by atoms with van der Waals surface area (Å²) in [5.41, 5.74) is 2.41. The Morgan fingerprint density at radius 3 is 2.83 bits per heavy atom. The SMILES string of the molecule is C[C@@H](NCc1cnn(CCO)c1)c1ccccc1. The minimum Gasteiger partial charge on any atom is -0.394 e.